The molecule has 0 amide bonds. The van der Waals surface area contributed by atoms with Crippen molar-refractivity contribution in [3.8, 4) is 0 Å². The molecule has 0 aliphatic carbocycles. The van der Waals surface area contributed by atoms with E-state index < -0.39 is 0 Å². The molecular formula is C10H13NO2S. The first-order valence-corrected chi connectivity index (χ1v) is 5.14. The minimum Gasteiger partial charge on any atom is -0.466 e. The van der Waals surface area contributed by atoms with Crippen molar-refractivity contribution in [1.29, 1.82) is 0 Å². The first kappa shape index (κ1) is 10.8. The van der Waals surface area contributed by atoms with E-state index >= 15 is 0 Å². The van der Waals surface area contributed by atoms with Gasteiger partial charge in [0.2, 0.25) is 0 Å². The number of rotatable bonds is 4. The van der Waals surface area contributed by atoms with E-state index in [1.165, 1.54) is 18.7 Å². The van der Waals surface area contributed by atoms with E-state index in [-0.39, 0.29) is 5.97 Å². The Kier molecular flexibility index (Phi) is 4.19. The Hall–Kier alpha value is -1.29. The van der Waals surface area contributed by atoms with Crippen molar-refractivity contribution in [1.82, 2.24) is 4.90 Å². The highest BCUT2D eigenvalue weighted by molar-refractivity contribution is 7.07. The summed E-state index contributed by atoms with van der Waals surface area (Å²) in [6.07, 6.45) is 3.12. The zero-order chi connectivity index (χ0) is 10.4. The molecule has 1 heterocycles. The fourth-order valence-electron chi connectivity index (χ4n) is 0.979. The van der Waals surface area contributed by atoms with E-state index in [1.54, 1.807) is 17.5 Å². The largest absolute Gasteiger partial charge is 0.466 e. The van der Waals surface area contributed by atoms with Crippen molar-refractivity contribution in [3.63, 3.8) is 0 Å². The molecule has 0 saturated carbocycles. The summed E-state index contributed by atoms with van der Waals surface area (Å²) in [5, 5.41) is 4.12. The van der Waals surface area contributed by atoms with Crippen LogP contribution in [0.15, 0.2) is 29.1 Å². The lowest BCUT2D eigenvalue weighted by Crippen LogP contribution is -2.10. The van der Waals surface area contributed by atoms with Crippen LogP contribution in [0.4, 0.5) is 0 Å². The van der Waals surface area contributed by atoms with Gasteiger partial charge in [-0.1, -0.05) is 0 Å². The summed E-state index contributed by atoms with van der Waals surface area (Å²) in [6.45, 7) is 0.803. The van der Waals surface area contributed by atoms with Gasteiger partial charge in [-0.3, -0.25) is 0 Å². The van der Waals surface area contributed by atoms with Crippen LogP contribution in [0.1, 0.15) is 5.56 Å². The second kappa shape index (κ2) is 5.44. The zero-order valence-corrected chi connectivity index (χ0v) is 9.08. The highest BCUT2D eigenvalue weighted by Crippen LogP contribution is 2.08. The molecule has 0 atom stereocenters. The molecule has 0 bridgehead atoms. The van der Waals surface area contributed by atoms with Crippen molar-refractivity contribution < 1.29 is 9.53 Å². The SMILES string of the molecule is COC(=O)C=CN(C)Cc1ccsc1. The van der Waals surface area contributed by atoms with Crippen LogP contribution in [0.25, 0.3) is 0 Å². The lowest BCUT2D eigenvalue weighted by Gasteiger charge is -2.11. The third-order valence-electron chi connectivity index (χ3n) is 1.68. The molecule has 3 nitrogen and oxygen atoms in total. The molecule has 0 spiro atoms. The van der Waals surface area contributed by atoms with Crippen LogP contribution in [0.5, 0.6) is 0 Å². The Morgan fingerprint density at radius 3 is 3.07 bits per heavy atom. The first-order chi connectivity index (χ1) is 6.72. The number of ether oxygens (including phenoxy) is 1. The number of carbonyl (C=O) groups excluding carboxylic acids is 1. The molecule has 76 valence electrons. The fourth-order valence-corrected chi connectivity index (χ4v) is 1.64. The summed E-state index contributed by atoms with van der Waals surface area (Å²) in [4.78, 5) is 12.7. The van der Waals surface area contributed by atoms with E-state index in [4.69, 9.17) is 0 Å². The van der Waals surface area contributed by atoms with Crippen molar-refractivity contribution >= 4 is 17.3 Å². The molecule has 1 aromatic heterocycles. The normalized spacial score (nSPS) is 10.4. The Morgan fingerprint density at radius 1 is 1.71 bits per heavy atom. The third kappa shape index (κ3) is 3.62. The number of nitrogens with zero attached hydrogens (tertiary/aromatic N) is 1. The number of methoxy groups -OCH3 is 1. The molecule has 0 unspecified atom stereocenters. The van der Waals surface area contributed by atoms with Crippen molar-refractivity contribution in [2.24, 2.45) is 0 Å². The summed E-state index contributed by atoms with van der Waals surface area (Å²) < 4.78 is 4.49. The van der Waals surface area contributed by atoms with Crippen LogP contribution in [-0.4, -0.2) is 25.0 Å². The predicted molar refractivity (Wildman–Crippen MR) is 56.9 cm³/mol. The highest BCUT2D eigenvalue weighted by atomic mass is 32.1. The Labute approximate surface area is 87.6 Å². The summed E-state index contributed by atoms with van der Waals surface area (Å²) in [5.74, 6) is -0.331. The second-order valence-corrected chi connectivity index (χ2v) is 3.67. The van der Waals surface area contributed by atoms with Gasteiger partial charge in [0, 0.05) is 25.9 Å². The van der Waals surface area contributed by atoms with Crippen LogP contribution in [0.3, 0.4) is 0 Å². The van der Waals surface area contributed by atoms with Gasteiger partial charge >= 0.3 is 5.97 Å². The molecule has 1 aromatic rings. The van der Waals surface area contributed by atoms with Crippen LogP contribution >= 0.6 is 11.3 Å². The maximum Gasteiger partial charge on any atom is 0.331 e. The lowest BCUT2D eigenvalue weighted by molar-refractivity contribution is -0.134. The molecule has 0 aliphatic rings. The maximum atomic E-state index is 10.8. The van der Waals surface area contributed by atoms with E-state index in [0.717, 1.165) is 6.54 Å². The summed E-state index contributed by atoms with van der Waals surface area (Å²) in [7, 11) is 3.28. The van der Waals surface area contributed by atoms with E-state index in [1.807, 2.05) is 17.3 Å². The number of thiophene rings is 1. The summed E-state index contributed by atoms with van der Waals surface area (Å²) in [6, 6.07) is 2.06. The molecule has 14 heavy (non-hydrogen) atoms. The zero-order valence-electron chi connectivity index (χ0n) is 8.27. The average Bonchev–Trinajstić information content (AvgIpc) is 2.66. The maximum absolute atomic E-state index is 10.8. The van der Waals surface area contributed by atoms with Gasteiger partial charge in [-0.15, -0.1) is 0 Å². The van der Waals surface area contributed by atoms with Crippen molar-refractivity contribution in [3.05, 3.63) is 34.7 Å². The highest BCUT2D eigenvalue weighted by Gasteiger charge is 1.96. The first-order valence-electron chi connectivity index (χ1n) is 4.20. The van der Waals surface area contributed by atoms with Gasteiger partial charge in [0.15, 0.2) is 0 Å². The van der Waals surface area contributed by atoms with Crippen LogP contribution < -0.4 is 0 Å². The Morgan fingerprint density at radius 2 is 2.50 bits per heavy atom. The van der Waals surface area contributed by atoms with Gasteiger partial charge in [0.05, 0.1) is 7.11 Å². The Bertz CT molecular complexity index is 306. The van der Waals surface area contributed by atoms with E-state index in [9.17, 15) is 4.79 Å². The smallest absolute Gasteiger partial charge is 0.331 e. The average molecular weight is 211 g/mol. The topological polar surface area (TPSA) is 29.5 Å². The predicted octanol–water partition coefficient (Wildman–Crippen LogP) is 1.87. The Balaban J connectivity index is 2.39. The second-order valence-electron chi connectivity index (χ2n) is 2.89. The minimum atomic E-state index is -0.331. The van der Waals surface area contributed by atoms with Crippen molar-refractivity contribution in [2.75, 3.05) is 14.2 Å². The van der Waals surface area contributed by atoms with Crippen LogP contribution in [0, 0.1) is 0 Å². The van der Waals surface area contributed by atoms with Gasteiger partial charge in [0.25, 0.3) is 0 Å². The van der Waals surface area contributed by atoms with E-state index in [2.05, 4.69) is 16.2 Å². The molecule has 0 radical (unpaired) electrons. The molecule has 0 saturated heterocycles. The molecule has 0 N–H and O–H groups in total. The summed E-state index contributed by atoms with van der Waals surface area (Å²) in [5.41, 5.74) is 1.24. The quantitative estimate of drug-likeness (QED) is 0.562. The molecular weight excluding hydrogens is 198 g/mol. The number of carbonyl (C=O) groups is 1. The molecule has 4 heteroatoms. The van der Waals surface area contributed by atoms with Crippen LogP contribution in [-0.2, 0) is 16.1 Å². The number of esters is 1. The summed E-state index contributed by atoms with van der Waals surface area (Å²) >= 11 is 1.67. The van der Waals surface area contributed by atoms with E-state index in [0.29, 0.717) is 0 Å². The van der Waals surface area contributed by atoms with Gasteiger partial charge in [-0.2, -0.15) is 11.3 Å². The molecule has 0 aromatic carbocycles. The lowest BCUT2D eigenvalue weighted by atomic mass is 10.3. The molecule has 1 rings (SSSR count). The standard InChI is InChI=1S/C10H13NO2S/c1-11(5-3-10(12)13-2)7-9-4-6-14-8-9/h3-6,8H,7H2,1-2H3. The monoisotopic (exact) mass is 211 g/mol. The van der Waals surface area contributed by atoms with Crippen LogP contribution in [0.2, 0.25) is 0 Å². The number of hydrogen-bond acceptors (Lipinski definition) is 4. The third-order valence-corrected chi connectivity index (χ3v) is 2.41. The fraction of sp³-hybridized carbons (Fsp3) is 0.300. The molecule has 0 fully saturated rings. The minimum absolute atomic E-state index is 0.331. The molecule has 0 aliphatic heterocycles. The van der Waals surface area contributed by atoms with Gasteiger partial charge in [0.1, 0.15) is 0 Å². The van der Waals surface area contributed by atoms with Gasteiger partial charge in [-0.05, 0) is 22.4 Å². The van der Waals surface area contributed by atoms with Gasteiger partial charge < -0.3 is 9.64 Å². The number of hydrogen-bond donors (Lipinski definition) is 0. The van der Waals surface area contributed by atoms with Gasteiger partial charge in [-0.25, -0.2) is 4.79 Å². The van der Waals surface area contributed by atoms with Crippen molar-refractivity contribution in [2.45, 2.75) is 6.54 Å².